The van der Waals surface area contributed by atoms with Gasteiger partial charge in [0.25, 0.3) is 0 Å². The molecule has 0 unspecified atom stereocenters. The molecule has 0 aliphatic carbocycles. The van der Waals surface area contributed by atoms with Crippen molar-refractivity contribution in [3.05, 3.63) is 14.5 Å². The first-order chi connectivity index (χ1) is 4.66. The summed E-state index contributed by atoms with van der Waals surface area (Å²) in [7, 11) is 0. The number of rotatable bonds is 1. The van der Waals surface area contributed by atoms with E-state index >= 15 is 0 Å². The van der Waals surface area contributed by atoms with Crippen molar-refractivity contribution in [1.29, 1.82) is 0 Å². The summed E-state index contributed by atoms with van der Waals surface area (Å²) in [6, 6.07) is 0. The summed E-state index contributed by atoms with van der Waals surface area (Å²) in [6.07, 6.45) is 0. The van der Waals surface area contributed by atoms with Gasteiger partial charge in [-0.3, -0.25) is 0 Å². The molecule has 0 atom stereocenters. The van der Waals surface area contributed by atoms with Crippen molar-refractivity contribution in [2.24, 2.45) is 0 Å². The molecule has 0 amide bonds. The van der Waals surface area contributed by atoms with E-state index in [4.69, 9.17) is 17.3 Å². The minimum atomic E-state index is -0.00495. The Morgan fingerprint density at radius 1 is 1.60 bits per heavy atom. The number of aliphatic hydroxyl groups is 1. The Morgan fingerprint density at radius 3 is 2.40 bits per heavy atom. The van der Waals surface area contributed by atoms with Gasteiger partial charge in [-0.25, -0.2) is 0 Å². The Hall–Kier alpha value is -0.190. The Kier molecular flexibility index (Phi) is 2.23. The van der Waals surface area contributed by atoms with Gasteiger partial charge in [0.2, 0.25) is 0 Å². The lowest BCUT2D eigenvalue weighted by atomic mass is 10.4. The maximum Gasteiger partial charge on any atom is 0.163 e. The minimum Gasteiger partial charge on any atom is -0.376 e. The van der Waals surface area contributed by atoms with Crippen molar-refractivity contribution in [2.45, 2.75) is 20.6 Å². The largest absolute Gasteiger partial charge is 0.376 e. The highest BCUT2D eigenvalue weighted by Gasteiger charge is 2.01. The normalized spacial score (nSPS) is 10.3. The van der Waals surface area contributed by atoms with Gasteiger partial charge in [0.05, 0.1) is 0 Å². The number of hydrogen-bond donors (Lipinski definition) is 1. The average Bonchev–Trinajstić information content (AvgIpc) is 2.09. The quantitative estimate of drug-likeness (QED) is 0.659. The fraction of sp³-hybridized carbons (Fsp3) is 0.500. The molecule has 1 rings (SSSR count). The molecular formula is C6H9NOS2. The van der Waals surface area contributed by atoms with Gasteiger partial charge >= 0.3 is 0 Å². The van der Waals surface area contributed by atoms with E-state index in [9.17, 15) is 0 Å². The minimum absolute atomic E-state index is 0.00495. The van der Waals surface area contributed by atoms with E-state index in [0.29, 0.717) is 0 Å². The molecule has 2 nitrogen and oxygen atoms in total. The number of nitrogens with zero attached hydrogens (tertiary/aromatic N) is 1. The molecule has 0 aliphatic heterocycles. The molecular weight excluding hydrogens is 166 g/mol. The molecule has 0 radical (unpaired) electrons. The van der Waals surface area contributed by atoms with Gasteiger partial charge in [0.1, 0.15) is 6.73 Å². The van der Waals surface area contributed by atoms with E-state index in [0.717, 1.165) is 9.65 Å². The van der Waals surface area contributed by atoms with E-state index in [1.54, 1.807) is 4.57 Å². The molecule has 0 aromatic carbocycles. The summed E-state index contributed by atoms with van der Waals surface area (Å²) in [5.74, 6) is 0. The lowest BCUT2D eigenvalue weighted by Gasteiger charge is -1.97. The number of aryl methyl sites for hydroxylation is 1. The van der Waals surface area contributed by atoms with Gasteiger partial charge in [-0.1, -0.05) is 0 Å². The topological polar surface area (TPSA) is 25.2 Å². The fourth-order valence-electron chi connectivity index (χ4n) is 0.751. The zero-order valence-electron chi connectivity index (χ0n) is 5.92. The third-order valence-electron chi connectivity index (χ3n) is 1.52. The summed E-state index contributed by atoms with van der Waals surface area (Å²) in [4.78, 5) is 1.18. The highest BCUT2D eigenvalue weighted by Crippen LogP contribution is 2.16. The second kappa shape index (κ2) is 2.82. The van der Waals surface area contributed by atoms with Gasteiger partial charge in [0, 0.05) is 10.6 Å². The van der Waals surface area contributed by atoms with Crippen molar-refractivity contribution in [3.8, 4) is 0 Å². The SMILES string of the molecule is Cc1sc(=S)n(CO)c1C. The van der Waals surface area contributed by atoms with E-state index in [1.165, 1.54) is 16.2 Å². The van der Waals surface area contributed by atoms with Crippen LogP contribution in [0.25, 0.3) is 0 Å². The molecule has 0 fully saturated rings. The van der Waals surface area contributed by atoms with Crippen LogP contribution >= 0.6 is 23.6 Å². The zero-order chi connectivity index (χ0) is 7.72. The predicted molar refractivity (Wildman–Crippen MR) is 44.8 cm³/mol. The number of hydrogen-bond acceptors (Lipinski definition) is 3. The van der Waals surface area contributed by atoms with Gasteiger partial charge in [0.15, 0.2) is 3.95 Å². The Labute approximate surface area is 68.7 Å². The summed E-state index contributed by atoms with van der Waals surface area (Å²) in [5, 5.41) is 8.82. The molecule has 4 heteroatoms. The molecule has 56 valence electrons. The number of aliphatic hydroxyl groups excluding tert-OH is 1. The average molecular weight is 175 g/mol. The fourth-order valence-corrected chi connectivity index (χ4v) is 2.15. The van der Waals surface area contributed by atoms with Crippen LogP contribution in [0.2, 0.25) is 0 Å². The summed E-state index contributed by atoms with van der Waals surface area (Å²) in [6.45, 7) is 3.95. The van der Waals surface area contributed by atoms with Crippen LogP contribution in [0.15, 0.2) is 0 Å². The highest BCUT2D eigenvalue weighted by atomic mass is 32.1. The second-order valence-corrected chi connectivity index (χ2v) is 3.93. The molecule has 0 aliphatic rings. The third-order valence-corrected chi connectivity index (χ3v) is 2.98. The molecule has 0 spiro atoms. The van der Waals surface area contributed by atoms with E-state index in [2.05, 4.69) is 0 Å². The first-order valence-electron chi connectivity index (χ1n) is 2.94. The van der Waals surface area contributed by atoms with Gasteiger partial charge < -0.3 is 9.67 Å². The van der Waals surface area contributed by atoms with E-state index in [1.807, 2.05) is 13.8 Å². The van der Waals surface area contributed by atoms with Crippen molar-refractivity contribution in [2.75, 3.05) is 0 Å². The van der Waals surface area contributed by atoms with Gasteiger partial charge in [-0.15, -0.1) is 11.3 Å². The highest BCUT2D eigenvalue weighted by molar-refractivity contribution is 7.73. The first-order valence-corrected chi connectivity index (χ1v) is 4.17. The maximum atomic E-state index is 8.82. The van der Waals surface area contributed by atoms with Crippen molar-refractivity contribution in [1.82, 2.24) is 4.57 Å². The Bertz CT molecular complexity index is 286. The predicted octanol–water partition coefficient (Wildman–Crippen LogP) is 1.85. The second-order valence-electron chi connectivity index (χ2n) is 2.08. The van der Waals surface area contributed by atoms with Crippen molar-refractivity contribution in [3.63, 3.8) is 0 Å². The van der Waals surface area contributed by atoms with Crippen LogP contribution in [-0.4, -0.2) is 9.67 Å². The number of aromatic nitrogens is 1. The summed E-state index contributed by atoms with van der Waals surface area (Å²) < 4.78 is 2.47. The Morgan fingerprint density at radius 2 is 2.20 bits per heavy atom. The Balaban J connectivity index is 3.34. The van der Waals surface area contributed by atoms with E-state index < -0.39 is 0 Å². The number of thiazole rings is 1. The van der Waals surface area contributed by atoms with Crippen molar-refractivity contribution < 1.29 is 5.11 Å². The van der Waals surface area contributed by atoms with E-state index in [-0.39, 0.29) is 6.73 Å². The van der Waals surface area contributed by atoms with Crippen LogP contribution < -0.4 is 0 Å². The zero-order valence-corrected chi connectivity index (χ0v) is 7.55. The van der Waals surface area contributed by atoms with Crippen LogP contribution in [0.5, 0.6) is 0 Å². The lowest BCUT2D eigenvalue weighted by molar-refractivity contribution is 0.207. The molecule has 0 saturated heterocycles. The van der Waals surface area contributed by atoms with Crippen LogP contribution in [0.4, 0.5) is 0 Å². The van der Waals surface area contributed by atoms with Gasteiger partial charge in [-0.05, 0) is 26.1 Å². The van der Waals surface area contributed by atoms with Gasteiger partial charge in [-0.2, -0.15) is 0 Å². The molecule has 10 heavy (non-hydrogen) atoms. The maximum absolute atomic E-state index is 8.82. The third kappa shape index (κ3) is 1.14. The smallest absolute Gasteiger partial charge is 0.163 e. The van der Waals surface area contributed by atoms with Crippen LogP contribution in [0.3, 0.4) is 0 Å². The first kappa shape index (κ1) is 7.91. The molecule has 1 N–H and O–H groups in total. The standard InChI is InChI=1S/C6H9NOS2/c1-4-5(2)10-6(9)7(4)3-8/h8H,3H2,1-2H3. The summed E-state index contributed by atoms with van der Waals surface area (Å²) >= 11 is 6.52. The molecule has 1 aromatic heterocycles. The van der Waals surface area contributed by atoms with Crippen molar-refractivity contribution >= 4 is 23.6 Å². The van der Waals surface area contributed by atoms with Crippen LogP contribution in [-0.2, 0) is 6.73 Å². The molecule has 0 bridgehead atoms. The summed E-state index contributed by atoms with van der Waals surface area (Å²) in [5.41, 5.74) is 1.07. The van der Waals surface area contributed by atoms with Crippen LogP contribution in [0.1, 0.15) is 10.6 Å². The monoisotopic (exact) mass is 175 g/mol. The lowest BCUT2D eigenvalue weighted by Crippen LogP contribution is -1.98. The molecule has 0 saturated carbocycles. The molecule has 1 heterocycles. The molecule has 1 aromatic rings. The van der Waals surface area contributed by atoms with Crippen LogP contribution in [0, 0.1) is 17.8 Å².